The van der Waals surface area contributed by atoms with Gasteiger partial charge in [-0.15, -0.1) is 0 Å². The van der Waals surface area contributed by atoms with Gasteiger partial charge in [0.15, 0.2) is 11.6 Å². The van der Waals surface area contributed by atoms with E-state index in [1.54, 1.807) is 0 Å². The van der Waals surface area contributed by atoms with Crippen LogP contribution in [0.3, 0.4) is 0 Å². The standard InChI is InChI=1S/C18H18F8N2OS/c1-18(27,12-8-14(20)15(21)9-13(12)19)16(17(29)28(2)3)10-4-6-11(7-5-10)30(22,23,24,25)26/h4-9,16H,27H2,1-3H3/t16-,18+/m0/s1. The summed E-state index contributed by atoms with van der Waals surface area (Å²) in [5.74, 6) is -6.71. The Labute approximate surface area is 167 Å². The lowest BCUT2D eigenvalue weighted by Crippen LogP contribution is -2.47. The third-order valence-electron chi connectivity index (χ3n) is 4.54. The maximum absolute atomic E-state index is 14.3. The summed E-state index contributed by atoms with van der Waals surface area (Å²) in [4.78, 5) is 11.5. The average Bonchev–Trinajstić information content (AvgIpc) is 2.56. The molecule has 2 atom stereocenters. The molecule has 3 nitrogen and oxygen atoms in total. The van der Waals surface area contributed by atoms with E-state index in [1.807, 2.05) is 0 Å². The van der Waals surface area contributed by atoms with Crippen molar-refractivity contribution >= 4 is 16.1 Å². The molecule has 0 aliphatic carbocycles. The van der Waals surface area contributed by atoms with Crippen LogP contribution in [0.15, 0.2) is 41.3 Å². The number of carbonyl (C=O) groups is 1. The van der Waals surface area contributed by atoms with Gasteiger partial charge in [-0.3, -0.25) is 4.79 Å². The molecule has 0 spiro atoms. The summed E-state index contributed by atoms with van der Waals surface area (Å²) in [6.45, 7) is 1.09. The molecule has 1 amide bonds. The SMILES string of the molecule is CN(C)C(=O)[C@H](c1ccc(S(F)(F)(F)(F)F)cc1)[C@](C)(N)c1cc(F)c(F)cc1F. The molecule has 0 saturated heterocycles. The summed E-state index contributed by atoms with van der Waals surface area (Å²) in [6, 6.07) is 2.05. The minimum absolute atomic E-state index is 0.0878. The van der Waals surface area contributed by atoms with Crippen molar-refractivity contribution in [3.05, 3.63) is 65.0 Å². The number of benzene rings is 2. The first kappa shape index (κ1) is 23.9. The quantitative estimate of drug-likeness (QED) is 0.451. The Balaban J connectivity index is 2.69. The second kappa shape index (κ2) is 6.58. The minimum atomic E-state index is -9.96. The third-order valence-corrected chi connectivity index (χ3v) is 5.70. The molecule has 0 unspecified atom stereocenters. The van der Waals surface area contributed by atoms with E-state index in [2.05, 4.69) is 0 Å². The number of likely N-dealkylation sites (N-methyl/N-ethyl adjacent to an activating group) is 1. The fourth-order valence-electron chi connectivity index (χ4n) is 3.01. The predicted molar refractivity (Wildman–Crippen MR) is 97.1 cm³/mol. The van der Waals surface area contributed by atoms with Crippen molar-refractivity contribution in [3.8, 4) is 0 Å². The Morgan fingerprint density at radius 3 is 1.83 bits per heavy atom. The van der Waals surface area contributed by atoms with Gasteiger partial charge in [-0.2, -0.15) is 0 Å². The van der Waals surface area contributed by atoms with Crippen LogP contribution in [0.5, 0.6) is 0 Å². The summed E-state index contributed by atoms with van der Waals surface area (Å²) in [7, 11) is -7.42. The van der Waals surface area contributed by atoms with E-state index < -0.39 is 55.5 Å². The molecule has 2 aromatic carbocycles. The largest absolute Gasteiger partial charge is 0.348 e. The molecule has 0 saturated carbocycles. The second-order valence-corrected chi connectivity index (χ2v) is 9.64. The van der Waals surface area contributed by atoms with Crippen molar-refractivity contribution in [2.75, 3.05) is 14.1 Å². The zero-order valence-corrected chi connectivity index (χ0v) is 16.7. The molecule has 2 N–H and O–H groups in total. The van der Waals surface area contributed by atoms with Gasteiger partial charge in [0.1, 0.15) is 10.7 Å². The highest BCUT2D eigenvalue weighted by Crippen LogP contribution is 3.02. The van der Waals surface area contributed by atoms with E-state index >= 15 is 0 Å². The van der Waals surface area contributed by atoms with Gasteiger partial charge in [0, 0.05) is 25.7 Å². The lowest BCUT2D eigenvalue weighted by molar-refractivity contribution is -0.132. The van der Waals surface area contributed by atoms with E-state index in [1.165, 1.54) is 14.1 Å². The van der Waals surface area contributed by atoms with Crippen LogP contribution in [0.2, 0.25) is 0 Å². The van der Waals surface area contributed by atoms with Crippen molar-refractivity contribution in [1.29, 1.82) is 0 Å². The molecule has 0 bridgehead atoms. The zero-order chi connectivity index (χ0) is 23.3. The van der Waals surface area contributed by atoms with E-state index in [4.69, 9.17) is 5.73 Å². The number of amides is 1. The van der Waals surface area contributed by atoms with Crippen LogP contribution in [-0.2, 0) is 10.3 Å². The van der Waals surface area contributed by atoms with E-state index in [0.717, 1.165) is 11.8 Å². The molecule has 0 fully saturated rings. The number of nitrogens with two attached hydrogens (primary N) is 1. The van der Waals surface area contributed by atoms with Gasteiger partial charge in [0.25, 0.3) is 0 Å². The smallest absolute Gasteiger partial charge is 0.310 e. The van der Waals surface area contributed by atoms with E-state index in [9.17, 15) is 37.4 Å². The molecular formula is C18H18F8N2OS. The van der Waals surface area contributed by atoms with Crippen LogP contribution < -0.4 is 5.73 Å². The monoisotopic (exact) mass is 462 g/mol. The molecule has 12 heteroatoms. The number of hydrogen-bond donors (Lipinski definition) is 1. The Morgan fingerprint density at radius 1 is 0.933 bits per heavy atom. The molecule has 168 valence electrons. The third kappa shape index (κ3) is 4.69. The van der Waals surface area contributed by atoms with Crippen molar-refractivity contribution in [1.82, 2.24) is 4.90 Å². The van der Waals surface area contributed by atoms with Gasteiger partial charge in [-0.1, -0.05) is 31.6 Å². The first-order valence-electron chi connectivity index (χ1n) is 8.25. The summed E-state index contributed by atoms with van der Waals surface area (Å²) < 4.78 is 106. The van der Waals surface area contributed by atoms with Crippen LogP contribution in [-0.4, -0.2) is 24.9 Å². The maximum atomic E-state index is 14.3. The highest BCUT2D eigenvalue weighted by molar-refractivity contribution is 8.45. The fourth-order valence-corrected chi connectivity index (χ4v) is 3.66. The highest BCUT2D eigenvalue weighted by Gasteiger charge is 2.65. The van der Waals surface area contributed by atoms with E-state index in [0.29, 0.717) is 18.2 Å². The second-order valence-electron chi connectivity index (χ2n) is 7.23. The van der Waals surface area contributed by atoms with Crippen molar-refractivity contribution in [2.24, 2.45) is 5.73 Å². The Bertz CT molecular complexity index is 989. The number of hydrogen-bond acceptors (Lipinski definition) is 2. The van der Waals surface area contributed by atoms with Gasteiger partial charge in [-0.25, -0.2) is 13.2 Å². The highest BCUT2D eigenvalue weighted by atomic mass is 32.5. The average molecular weight is 462 g/mol. The summed E-state index contributed by atoms with van der Waals surface area (Å²) >= 11 is 0. The van der Waals surface area contributed by atoms with Crippen LogP contribution in [0.1, 0.15) is 24.0 Å². The summed E-state index contributed by atoms with van der Waals surface area (Å²) in [5, 5.41) is 0. The lowest BCUT2D eigenvalue weighted by atomic mass is 9.75. The zero-order valence-electron chi connectivity index (χ0n) is 15.9. The topological polar surface area (TPSA) is 46.3 Å². The van der Waals surface area contributed by atoms with Crippen LogP contribution >= 0.6 is 10.2 Å². The maximum Gasteiger partial charge on any atom is 0.310 e. The molecule has 30 heavy (non-hydrogen) atoms. The molecular weight excluding hydrogens is 444 g/mol. The van der Waals surface area contributed by atoms with Gasteiger partial charge in [-0.05, 0) is 30.7 Å². The molecule has 0 aliphatic rings. The van der Waals surface area contributed by atoms with Gasteiger partial charge < -0.3 is 10.6 Å². The first-order chi connectivity index (χ1) is 13.3. The molecule has 0 aliphatic heterocycles. The minimum Gasteiger partial charge on any atom is -0.348 e. The fraction of sp³-hybridized carbons (Fsp3) is 0.278. The number of halogens is 8. The first-order valence-corrected chi connectivity index (χ1v) is 10.2. The lowest BCUT2D eigenvalue weighted by Gasteiger charge is -2.41. The summed E-state index contributed by atoms with van der Waals surface area (Å²) in [5.41, 5.74) is 3.14. The van der Waals surface area contributed by atoms with Gasteiger partial charge >= 0.3 is 10.2 Å². The van der Waals surface area contributed by atoms with Crippen molar-refractivity contribution in [2.45, 2.75) is 23.3 Å². The Hall–Kier alpha value is -2.34. The van der Waals surface area contributed by atoms with Crippen LogP contribution in [0, 0.1) is 17.5 Å². The van der Waals surface area contributed by atoms with Crippen LogP contribution in [0.25, 0.3) is 0 Å². The normalized spacial score (nSPS) is 17.5. The molecule has 0 aromatic heterocycles. The summed E-state index contributed by atoms with van der Waals surface area (Å²) in [6.07, 6.45) is 0. The van der Waals surface area contributed by atoms with Crippen molar-refractivity contribution in [3.63, 3.8) is 0 Å². The number of rotatable bonds is 5. The molecule has 2 rings (SSSR count). The van der Waals surface area contributed by atoms with Crippen LogP contribution in [0.4, 0.5) is 32.6 Å². The van der Waals surface area contributed by atoms with Crippen molar-refractivity contribution < 1.29 is 37.4 Å². The molecule has 0 radical (unpaired) electrons. The Morgan fingerprint density at radius 2 is 1.40 bits per heavy atom. The van der Waals surface area contributed by atoms with Gasteiger partial charge in [0.2, 0.25) is 5.91 Å². The van der Waals surface area contributed by atoms with Gasteiger partial charge in [0.05, 0.1) is 11.5 Å². The molecule has 2 aromatic rings. The van der Waals surface area contributed by atoms with E-state index in [-0.39, 0.29) is 23.8 Å². The number of nitrogens with zero attached hydrogens (tertiary/aromatic N) is 1. The molecule has 0 heterocycles. The predicted octanol–water partition coefficient (Wildman–Crippen LogP) is 5.81. The number of carbonyl (C=O) groups excluding carboxylic acids is 1. The Kier molecular flexibility index (Phi) is 5.25.